The van der Waals surface area contributed by atoms with E-state index < -0.39 is 0 Å². The summed E-state index contributed by atoms with van der Waals surface area (Å²) in [4.78, 5) is 14.9. The van der Waals surface area contributed by atoms with Crippen molar-refractivity contribution in [1.82, 2.24) is 10.2 Å². The van der Waals surface area contributed by atoms with Gasteiger partial charge in [0.25, 0.3) is 0 Å². The van der Waals surface area contributed by atoms with Gasteiger partial charge in [-0.15, -0.1) is 0 Å². The molecule has 26 heavy (non-hydrogen) atoms. The van der Waals surface area contributed by atoms with E-state index in [2.05, 4.69) is 59.7 Å². The topological polar surface area (TPSA) is 44.4 Å². The number of carbonyl (C=O) groups excluding carboxylic acids is 1. The SMILES string of the molecule is Cc1ccc(NC(=O)NC2[C@H](C)CN(Cc3ccccc3)C[C@@H]2C)cc1. The van der Waals surface area contributed by atoms with E-state index in [9.17, 15) is 4.79 Å². The molecule has 1 heterocycles. The zero-order chi connectivity index (χ0) is 18.5. The maximum atomic E-state index is 12.4. The molecule has 0 bridgehead atoms. The minimum absolute atomic E-state index is 0.117. The van der Waals surface area contributed by atoms with Crippen LogP contribution < -0.4 is 10.6 Å². The van der Waals surface area contributed by atoms with Crippen LogP contribution in [0.3, 0.4) is 0 Å². The lowest BCUT2D eigenvalue weighted by Gasteiger charge is -2.41. The molecule has 1 saturated heterocycles. The molecular weight excluding hydrogens is 322 g/mol. The number of urea groups is 1. The van der Waals surface area contributed by atoms with E-state index in [1.807, 2.05) is 31.2 Å². The largest absolute Gasteiger partial charge is 0.335 e. The molecule has 0 saturated carbocycles. The molecule has 2 aromatic carbocycles. The predicted octanol–water partition coefficient (Wildman–Crippen LogP) is 4.27. The number of hydrogen-bond acceptors (Lipinski definition) is 2. The molecule has 0 spiro atoms. The number of amides is 2. The van der Waals surface area contributed by atoms with E-state index in [1.54, 1.807) is 0 Å². The van der Waals surface area contributed by atoms with Crippen molar-refractivity contribution in [2.75, 3.05) is 18.4 Å². The Kier molecular flexibility index (Phi) is 5.94. The Bertz CT molecular complexity index is 702. The highest BCUT2D eigenvalue weighted by atomic mass is 16.2. The fraction of sp³-hybridized carbons (Fsp3) is 0.409. The number of rotatable bonds is 4. The summed E-state index contributed by atoms with van der Waals surface area (Å²) in [7, 11) is 0. The average molecular weight is 351 g/mol. The minimum Gasteiger partial charge on any atom is -0.335 e. The molecule has 1 fully saturated rings. The third-order valence-electron chi connectivity index (χ3n) is 5.17. The summed E-state index contributed by atoms with van der Waals surface area (Å²) in [5.74, 6) is 0.817. The van der Waals surface area contributed by atoms with Gasteiger partial charge in [0.2, 0.25) is 0 Å². The minimum atomic E-state index is -0.117. The van der Waals surface area contributed by atoms with Crippen LogP contribution in [0.25, 0.3) is 0 Å². The Morgan fingerprint density at radius 1 is 1.00 bits per heavy atom. The quantitative estimate of drug-likeness (QED) is 0.864. The molecule has 4 nitrogen and oxygen atoms in total. The Labute approximate surface area is 156 Å². The van der Waals surface area contributed by atoms with Gasteiger partial charge in [-0.2, -0.15) is 0 Å². The summed E-state index contributed by atoms with van der Waals surface area (Å²) in [5.41, 5.74) is 3.36. The van der Waals surface area contributed by atoms with Gasteiger partial charge in [0.15, 0.2) is 0 Å². The van der Waals surface area contributed by atoms with Gasteiger partial charge in [0.1, 0.15) is 0 Å². The van der Waals surface area contributed by atoms with Gasteiger partial charge in [-0.1, -0.05) is 61.9 Å². The summed E-state index contributed by atoms with van der Waals surface area (Å²) in [6, 6.07) is 18.5. The van der Waals surface area contributed by atoms with Crippen molar-refractivity contribution in [3.63, 3.8) is 0 Å². The van der Waals surface area contributed by atoms with Crippen molar-refractivity contribution in [2.24, 2.45) is 11.8 Å². The smallest absolute Gasteiger partial charge is 0.319 e. The maximum Gasteiger partial charge on any atom is 0.319 e. The molecule has 2 aromatic rings. The third-order valence-corrected chi connectivity index (χ3v) is 5.17. The van der Waals surface area contributed by atoms with Crippen molar-refractivity contribution in [1.29, 1.82) is 0 Å². The number of nitrogens with one attached hydrogen (secondary N) is 2. The summed E-state index contributed by atoms with van der Waals surface area (Å²) < 4.78 is 0. The van der Waals surface area contributed by atoms with E-state index in [0.717, 1.165) is 25.3 Å². The van der Waals surface area contributed by atoms with Crippen LogP contribution in [0, 0.1) is 18.8 Å². The summed E-state index contributed by atoms with van der Waals surface area (Å²) >= 11 is 0. The van der Waals surface area contributed by atoms with E-state index in [1.165, 1.54) is 11.1 Å². The van der Waals surface area contributed by atoms with Crippen LogP contribution in [-0.4, -0.2) is 30.1 Å². The molecule has 0 aliphatic carbocycles. The standard InChI is InChI=1S/C22H29N3O/c1-16-9-11-20(12-10-16)23-22(26)24-21-17(2)13-25(14-18(21)3)15-19-7-5-4-6-8-19/h4-12,17-18,21H,13-15H2,1-3H3,(H2,23,24,26)/t17-,18+,21?. The monoisotopic (exact) mass is 351 g/mol. The van der Waals surface area contributed by atoms with Crippen molar-refractivity contribution >= 4 is 11.7 Å². The molecule has 0 aromatic heterocycles. The number of anilines is 1. The first kappa shape index (κ1) is 18.5. The van der Waals surface area contributed by atoms with Crippen molar-refractivity contribution in [2.45, 2.75) is 33.4 Å². The van der Waals surface area contributed by atoms with Crippen LogP contribution in [0.4, 0.5) is 10.5 Å². The second-order valence-corrected chi connectivity index (χ2v) is 7.62. The fourth-order valence-corrected chi connectivity index (χ4v) is 3.89. The van der Waals surface area contributed by atoms with Crippen LogP contribution in [-0.2, 0) is 6.54 Å². The van der Waals surface area contributed by atoms with E-state index in [-0.39, 0.29) is 12.1 Å². The Morgan fingerprint density at radius 3 is 2.23 bits per heavy atom. The molecule has 2 N–H and O–H groups in total. The van der Waals surface area contributed by atoms with Crippen LogP contribution in [0.2, 0.25) is 0 Å². The number of piperidine rings is 1. The second kappa shape index (κ2) is 8.37. The lowest BCUT2D eigenvalue weighted by molar-refractivity contribution is 0.0994. The zero-order valence-corrected chi connectivity index (χ0v) is 15.9. The molecule has 1 aliphatic heterocycles. The van der Waals surface area contributed by atoms with Crippen LogP contribution in [0.5, 0.6) is 0 Å². The number of nitrogens with zero attached hydrogens (tertiary/aromatic N) is 1. The first-order chi connectivity index (χ1) is 12.5. The highest BCUT2D eigenvalue weighted by molar-refractivity contribution is 5.89. The fourth-order valence-electron chi connectivity index (χ4n) is 3.89. The first-order valence-corrected chi connectivity index (χ1v) is 9.41. The van der Waals surface area contributed by atoms with Gasteiger partial charge in [0.05, 0.1) is 0 Å². The molecule has 0 radical (unpaired) electrons. The van der Waals surface area contributed by atoms with Crippen molar-refractivity contribution < 1.29 is 4.79 Å². The Morgan fingerprint density at radius 2 is 1.62 bits per heavy atom. The number of carbonyl (C=O) groups is 1. The van der Waals surface area contributed by atoms with Crippen LogP contribution in [0.1, 0.15) is 25.0 Å². The molecule has 4 heteroatoms. The lowest BCUT2D eigenvalue weighted by Crippen LogP contribution is -2.55. The normalized spacial score (nSPS) is 23.4. The van der Waals surface area contributed by atoms with Crippen molar-refractivity contribution in [3.8, 4) is 0 Å². The van der Waals surface area contributed by atoms with Crippen LogP contribution in [0.15, 0.2) is 54.6 Å². The number of aryl methyl sites for hydroxylation is 1. The first-order valence-electron chi connectivity index (χ1n) is 9.41. The highest BCUT2D eigenvalue weighted by Gasteiger charge is 2.32. The molecule has 3 rings (SSSR count). The second-order valence-electron chi connectivity index (χ2n) is 7.62. The summed E-state index contributed by atoms with van der Waals surface area (Å²) in [6.45, 7) is 9.45. The zero-order valence-electron chi connectivity index (χ0n) is 15.9. The lowest BCUT2D eigenvalue weighted by atomic mass is 9.85. The maximum absolute atomic E-state index is 12.4. The van der Waals surface area contributed by atoms with Gasteiger partial charge in [-0.3, -0.25) is 4.90 Å². The number of likely N-dealkylation sites (tertiary alicyclic amines) is 1. The molecule has 2 amide bonds. The molecule has 1 unspecified atom stereocenters. The summed E-state index contributed by atoms with van der Waals surface area (Å²) in [5, 5.41) is 6.13. The van der Waals surface area contributed by atoms with E-state index in [4.69, 9.17) is 0 Å². The average Bonchev–Trinajstić information content (AvgIpc) is 2.61. The van der Waals surface area contributed by atoms with Gasteiger partial charge >= 0.3 is 6.03 Å². The number of hydrogen-bond donors (Lipinski definition) is 2. The van der Waals surface area contributed by atoms with Gasteiger partial charge in [-0.05, 0) is 36.5 Å². The van der Waals surface area contributed by atoms with E-state index >= 15 is 0 Å². The molecule has 1 aliphatic rings. The molecular formula is C22H29N3O. The third kappa shape index (κ3) is 4.85. The Balaban J connectivity index is 1.54. The summed E-state index contributed by atoms with van der Waals surface area (Å²) in [6.07, 6.45) is 0. The molecule has 138 valence electrons. The van der Waals surface area contributed by atoms with Crippen LogP contribution >= 0.6 is 0 Å². The predicted molar refractivity (Wildman–Crippen MR) is 107 cm³/mol. The van der Waals surface area contributed by atoms with Gasteiger partial charge < -0.3 is 10.6 Å². The number of benzene rings is 2. The van der Waals surface area contributed by atoms with E-state index in [0.29, 0.717) is 11.8 Å². The molecule has 3 atom stereocenters. The van der Waals surface area contributed by atoms with Gasteiger partial charge in [-0.25, -0.2) is 4.79 Å². The van der Waals surface area contributed by atoms with Crippen molar-refractivity contribution in [3.05, 3.63) is 65.7 Å². The van der Waals surface area contributed by atoms with Gasteiger partial charge in [0, 0.05) is 31.4 Å². The Hall–Kier alpha value is -2.33. The highest BCUT2D eigenvalue weighted by Crippen LogP contribution is 2.24.